The lowest BCUT2D eigenvalue weighted by molar-refractivity contribution is 0.260. The molecular weight excluding hydrogens is 280 g/mol. The molecule has 1 aliphatic heterocycles. The zero-order valence-electron chi connectivity index (χ0n) is 13.2. The van der Waals surface area contributed by atoms with Crippen molar-refractivity contribution < 1.29 is 4.55 Å². The molecule has 0 amide bonds. The number of benzene rings is 1. The van der Waals surface area contributed by atoms with Crippen molar-refractivity contribution in [2.24, 2.45) is 0 Å². The predicted molar refractivity (Wildman–Crippen MR) is 88.7 cm³/mol. The van der Waals surface area contributed by atoms with E-state index in [-0.39, 0.29) is 16.2 Å². The zero-order valence-corrected chi connectivity index (χ0v) is 14.1. The molecule has 116 valence electrons. The summed E-state index contributed by atoms with van der Waals surface area (Å²) < 4.78 is 15.8. The number of nitrogens with one attached hydrogen (secondary N) is 2. The lowest BCUT2D eigenvalue weighted by Crippen LogP contribution is -2.55. The normalized spacial score (nSPS) is 25.8. The van der Waals surface area contributed by atoms with Crippen LogP contribution in [0, 0.1) is 0 Å². The Morgan fingerprint density at radius 3 is 2.57 bits per heavy atom. The molecule has 3 rings (SSSR count). The standard InChI is InChI=1S/C17H26N2OS/c1-16(2,3)21(20)19-15-12-13-6-4-5-7-14(13)17(15)8-10-18-11-9-17/h4-7,15,18-19H,8-12H2,1-3H3/t15-,21-/m1/s1. The molecule has 1 aliphatic carbocycles. The van der Waals surface area contributed by atoms with E-state index in [1.165, 1.54) is 11.1 Å². The average molecular weight is 306 g/mol. The van der Waals surface area contributed by atoms with Crippen molar-refractivity contribution >= 4 is 11.4 Å². The van der Waals surface area contributed by atoms with Crippen LogP contribution in [0.1, 0.15) is 44.7 Å². The zero-order chi connectivity index (χ0) is 15.1. The first-order valence-electron chi connectivity index (χ1n) is 7.91. The minimum Gasteiger partial charge on any atom is -0.598 e. The summed E-state index contributed by atoms with van der Waals surface area (Å²) in [6.07, 6.45) is 3.25. The molecule has 0 unspecified atom stereocenters. The van der Waals surface area contributed by atoms with Gasteiger partial charge in [-0.2, -0.15) is 0 Å². The van der Waals surface area contributed by atoms with Gasteiger partial charge in [0.2, 0.25) is 0 Å². The number of hydrogen-bond acceptors (Lipinski definition) is 3. The van der Waals surface area contributed by atoms with E-state index in [1.54, 1.807) is 0 Å². The summed E-state index contributed by atoms with van der Waals surface area (Å²) in [5, 5.41) is 3.47. The van der Waals surface area contributed by atoms with Gasteiger partial charge in [0.1, 0.15) is 4.75 Å². The van der Waals surface area contributed by atoms with E-state index in [0.717, 1.165) is 32.4 Å². The second-order valence-corrected chi connectivity index (χ2v) is 9.32. The molecule has 3 nitrogen and oxygen atoms in total. The van der Waals surface area contributed by atoms with Crippen molar-refractivity contribution in [3.05, 3.63) is 35.4 Å². The molecule has 1 aromatic rings. The van der Waals surface area contributed by atoms with Crippen LogP contribution in [-0.4, -0.2) is 28.4 Å². The SMILES string of the molecule is CC(C)(C)[S@@+]([O-])N[C@@H]1Cc2ccccc2C12CCNCC2. The molecule has 1 heterocycles. The summed E-state index contributed by atoms with van der Waals surface area (Å²) in [5.74, 6) is 0. The van der Waals surface area contributed by atoms with Crippen molar-refractivity contribution in [2.75, 3.05) is 13.1 Å². The van der Waals surface area contributed by atoms with E-state index < -0.39 is 11.4 Å². The van der Waals surface area contributed by atoms with Crippen LogP contribution < -0.4 is 10.0 Å². The van der Waals surface area contributed by atoms with Gasteiger partial charge in [0.25, 0.3) is 0 Å². The Bertz CT molecular complexity index is 506. The van der Waals surface area contributed by atoms with Gasteiger partial charge in [0.05, 0.1) is 6.04 Å². The van der Waals surface area contributed by atoms with Gasteiger partial charge < -0.3 is 9.87 Å². The Kier molecular flexibility index (Phi) is 4.08. The topological polar surface area (TPSA) is 47.1 Å². The summed E-state index contributed by atoms with van der Waals surface area (Å²) >= 11 is -1.01. The number of piperidine rings is 1. The fourth-order valence-electron chi connectivity index (χ4n) is 3.74. The van der Waals surface area contributed by atoms with Gasteiger partial charge in [0, 0.05) is 16.8 Å². The van der Waals surface area contributed by atoms with Gasteiger partial charge in [-0.3, -0.25) is 0 Å². The maximum absolute atomic E-state index is 12.6. The maximum atomic E-state index is 12.6. The molecule has 0 aromatic heterocycles. The molecule has 1 spiro atoms. The van der Waals surface area contributed by atoms with Crippen molar-refractivity contribution in [3.8, 4) is 0 Å². The van der Waals surface area contributed by atoms with Crippen LogP contribution >= 0.6 is 0 Å². The highest BCUT2D eigenvalue weighted by atomic mass is 32.2. The number of fused-ring (bicyclic) bond motifs is 2. The fraction of sp³-hybridized carbons (Fsp3) is 0.647. The first kappa shape index (κ1) is 15.3. The van der Waals surface area contributed by atoms with E-state index in [2.05, 4.69) is 34.3 Å². The largest absolute Gasteiger partial charge is 0.598 e. The highest BCUT2D eigenvalue weighted by molar-refractivity contribution is 7.90. The summed E-state index contributed by atoms with van der Waals surface area (Å²) in [5.41, 5.74) is 3.07. The molecule has 1 fully saturated rings. The maximum Gasteiger partial charge on any atom is 0.136 e. The fourth-order valence-corrected chi connectivity index (χ4v) is 4.66. The Hall–Kier alpha value is -0.550. The molecular formula is C17H26N2OS. The van der Waals surface area contributed by atoms with Crippen molar-refractivity contribution in [1.82, 2.24) is 10.0 Å². The lowest BCUT2D eigenvalue weighted by atomic mass is 9.72. The predicted octanol–water partition coefficient (Wildman–Crippen LogP) is 2.28. The van der Waals surface area contributed by atoms with Crippen molar-refractivity contribution in [2.45, 2.75) is 56.2 Å². The molecule has 21 heavy (non-hydrogen) atoms. The average Bonchev–Trinajstić information content (AvgIpc) is 2.73. The van der Waals surface area contributed by atoms with Crippen molar-refractivity contribution in [1.29, 1.82) is 0 Å². The summed E-state index contributed by atoms with van der Waals surface area (Å²) in [4.78, 5) is 0. The Labute approximate surface area is 131 Å². The van der Waals surface area contributed by atoms with Crippen LogP contribution in [0.2, 0.25) is 0 Å². The van der Waals surface area contributed by atoms with Gasteiger partial charge in [-0.15, -0.1) is 4.72 Å². The second kappa shape index (κ2) is 5.58. The molecule has 1 saturated heterocycles. The van der Waals surface area contributed by atoms with Gasteiger partial charge >= 0.3 is 0 Å². The van der Waals surface area contributed by atoms with Gasteiger partial charge in [0.15, 0.2) is 0 Å². The quantitative estimate of drug-likeness (QED) is 0.824. The van der Waals surface area contributed by atoms with E-state index in [1.807, 2.05) is 20.8 Å². The second-order valence-electron chi connectivity index (χ2n) is 7.32. The van der Waals surface area contributed by atoms with Gasteiger partial charge in [-0.25, -0.2) is 0 Å². The van der Waals surface area contributed by atoms with Crippen LogP contribution in [0.15, 0.2) is 24.3 Å². The third-order valence-corrected chi connectivity index (χ3v) is 6.56. The minimum atomic E-state index is -1.01. The molecule has 0 saturated carbocycles. The molecule has 2 aliphatic rings. The number of hydrogen-bond donors (Lipinski definition) is 2. The minimum absolute atomic E-state index is 0.156. The Balaban J connectivity index is 1.90. The molecule has 1 aromatic carbocycles. The van der Waals surface area contributed by atoms with E-state index in [0.29, 0.717) is 0 Å². The molecule has 2 N–H and O–H groups in total. The monoisotopic (exact) mass is 306 g/mol. The highest BCUT2D eigenvalue weighted by Crippen LogP contribution is 2.45. The van der Waals surface area contributed by atoms with E-state index in [9.17, 15) is 4.55 Å². The summed E-state index contributed by atoms with van der Waals surface area (Å²) in [6.45, 7) is 8.21. The van der Waals surface area contributed by atoms with Gasteiger partial charge in [-0.1, -0.05) is 24.3 Å². The molecule has 0 radical (unpaired) electrons. The Morgan fingerprint density at radius 1 is 1.24 bits per heavy atom. The molecule has 0 bridgehead atoms. The Morgan fingerprint density at radius 2 is 1.90 bits per heavy atom. The smallest absolute Gasteiger partial charge is 0.136 e. The van der Waals surface area contributed by atoms with Gasteiger partial charge in [-0.05, 0) is 64.3 Å². The third-order valence-electron chi connectivity index (χ3n) is 4.95. The van der Waals surface area contributed by atoms with E-state index >= 15 is 0 Å². The van der Waals surface area contributed by atoms with E-state index in [4.69, 9.17) is 0 Å². The van der Waals surface area contributed by atoms with Crippen LogP contribution in [-0.2, 0) is 23.2 Å². The first-order chi connectivity index (χ1) is 9.93. The third kappa shape index (κ3) is 2.74. The van der Waals surface area contributed by atoms with Crippen molar-refractivity contribution in [3.63, 3.8) is 0 Å². The summed E-state index contributed by atoms with van der Waals surface area (Å²) in [7, 11) is 0. The summed E-state index contributed by atoms with van der Waals surface area (Å²) in [6, 6.07) is 9.07. The lowest BCUT2D eigenvalue weighted by Gasteiger charge is -2.41. The van der Waals surface area contributed by atoms with Crippen LogP contribution in [0.5, 0.6) is 0 Å². The first-order valence-corrected chi connectivity index (χ1v) is 9.06. The number of rotatable bonds is 2. The van der Waals surface area contributed by atoms with Crippen LogP contribution in [0.3, 0.4) is 0 Å². The van der Waals surface area contributed by atoms with Crippen LogP contribution in [0.25, 0.3) is 0 Å². The molecule has 4 heteroatoms. The highest BCUT2D eigenvalue weighted by Gasteiger charge is 2.49. The van der Waals surface area contributed by atoms with Crippen LogP contribution in [0.4, 0.5) is 0 Å². The molecule has 2 atom stereocenters.